The third-order valence-electron chi connectivity index (χ3n) is 5.32. The van der Waals surface area contributed by atoms with E-state index in [1.807, 2.05) is 4.90 Å². The van der Waals surface area contributed by atoms with Crippen LogP contribution in [0.15, 0.2) is 0 Å². The van der Waals surface area contributed by atoms with Crippen molar-refractivity contribution in [2.45, 2.75) is 57.1 Å². The van der Waals surface area contributed by atoms with Crippen LogP contribution < -0.4 is 5.32 Å². The molecule has 1 saturated carbocycles. The number of aliphatic hydroxyl groups is 1. The van der Waals surface area contributed by atoms with Crippen LogP contribution in [0.3, 0.4) is 0 Å². The predicted octanol–water partition coefficient (Wildman–Crippen LogP) is 0.901. The molecule has 6 nitrogen and oxygen atoms in total. The van der Waals surface area contributed by atoms with E-state index < -0.39 is 5.54 Å². The van der Waals surface area contributed by atoms with Crippen LogP contribution in [0.2, 0.25) is 0 Å². The van der Waals surface area contributed by atoms with Crippen LogP contribution in [0.25, 0.3) is 0 Å². The number of carbonyl (C=O) groups excluding carboxylic acids is 2. The fraction of sp³-hybridized carbons (Fsp3) is 0.867. The molecule has 3 atom stereocenters. The predicted molar refractivity (Wildman–Crippen MR) is 77.4 cm³/mol. The van der Waals surface area contributed by atoms with Crippen LogP contribution in [0.1, 0.15) is 45.4 Å². The average molecular weight is 295 g/mol. The highest BCUT2D eigenvalue weighted by Gasteiger charge is 2.55. The third kappa shape index (κ3) is 2.55. The number of rotatable bonds is 2. The second-order valence-corrected chi connectivity index (χ2v) is 6.80. The number of nitrogens with one attached hydrogen (secondary N) is 1. The molecule has 3 aliphatic rings. The van der Waals surface area contributed by atoms with Crippen LogP contribution in [0.4, 0.5) is 4.79 Å². The average Bonchev–Trinajstić information content (AvgIpc) is 2.68. The van der Waals surface area contributed by atoms with Crippen molar-refractivity contribution in [3.05, 3.63) is 0 Å². The molecule has 6 heteroatoms. The molecule has 21 heavy (non-hydrogen) atoms. The molecule has 2 saturated heterocycles. The summed E-state index contributed by atoms with van der Waals surface area (Å²) < 4.78 is 0. The fourth-order valence-electron chi connectivity index (χ4n) is 3.98. The molecule has 0 aromatic rings. The van der Waals surface area contributed by atoms with Crippen molar-refractivity contribution in [2.75, 3.05) is 19.8 Å². The maximum atomic E-state index is 12.8. The molecule has 0 aromatic carbocycles. The Kier molecular flexibility index (Phi) is 3.92. The van der Waals surface area contributed by atoms with Gasteiger partial charge in [-0.05, 0) is 31.6 Å². The molecule has 0 aromatic heterocycles. The Bertz CT molecular complexity index is 442. The normalized spacial score (nSPS) is 38.1. The molecule has 0 radical (unpaired) electrons. The minimum atomic E-state index is -0.677. The quantitative estimate of drug-likeness (QED) is 0.743. The molecular weight excluding hydrogens is 270 g/mol. The Hall–Kier alpha value is -1.14. The Labute approximate surface area is 125 Å². The van der Waals surface area contributed by atoms with Crippen molar-refractivity contribution < 1.29 is 14.7 Å². The highest BCUT2D eigenvalue weighted by atomic mass is 16.3. The van der Waals surface area contributed by atoms with Gasteiger partial charge in [0.2, 0.25) is 0 Å². The van der Waals surface area contributed by atoms with Crippen LogP contribution in [-0.4, -0.2) is 58.2 Å². The van der Waals surface area contributed by atoms with E-state index in [0.29, 0.717) is 13.2 Å². The molecule has 1 aliphatic carbocycles. The Morgan fingerprint density at radius 3 is 2.81 bits per heavy atom. The molecule has 2 aliphatic heterocycles. The molecule has 3 amide bonds. The van der Waals surface area contributed by atoms with E-state index in [-0.39, 0.29) is 24.0 Å². The van der Waals surface area contributed by atoms with Crippen LogP contribution >= 0.6 is 0 Å². The third-order valence-corrected chi connectivity index (χ3v) is 5.32. The molecule has 3 rings (SSSR count). The molecular formula is C15H25N3O3. The highest BCUT2D eigenvalue weighted by molar-refractivity contribution is 6.07. The van der Waals surface area contributed by atoms with Crippen molar-refractivity contribution in [3.63, 3.8) is 0 Å². The Balaban J connectivity index is 1.71. The highest BCUT2D eigenvalue weighted by Crippen LogP contribution is 2.38. The van der Waals surface area contributed by atoms with Gasteiger partial charge >= 0.3 is 6.03 Å². The van der Waals surface area contributed by atoms with E-state index in [1.165, 1.54) is 4.90 Å². The molecule has 2 heterocycles. The number of hydrogen-bond acceptors (Lipinski definition) is 4. The van der Waals surface area contributed by atoms with Gasteiger partial charge in [-0.2, -0.15) is 0 Å². The van der Waals surface area contributed by atoms with Gasteiger partial charge in [0.1, 0.15) is 5.54 Å². The smallest absolute Gasteiger partial charge is 0.326 e. The first-order valence-electron chi connectivity index (χ1n) is 8.07. The molecule has 118 valence electrons. The van der Waals surface area contributed by atoms with E-state index in [4.69, 9.17) is 0 Å². The monoisotopic (exact) mass is 295 g/mol. The molecule has 3 fully saturated rings. The van der Waals surface area contributed by atoms with E-state index in [1.54, 1.807) is 0 Å². The minimum absolute atomic E-state index is 0.0697. The van der Waals surface area contributed by atoms with Gasteiger partial charge in [-0.15, -0.1) is 0 Å². The summed E-state index contributed by atoms with van der Waals surface area (Å²) in [5.74, 6) is 0.124. The van der Waals surface area contributed by atoms with Gasteiger partial charge < -0.3 is 10.4 Å². The summed E-state index contributed by atoms with van der Waals surface area (Å²) in [6, 6.07) is -0.270. The van der Waals surface area contributed by atoms with Gasteiger partial charge in [-0.25, -0.2) is 9.69 Å². The zero-order chi connectivity index (χ0) is 15.0. The zero-order valence-electron chi connectivity index (χ0n) is 12.7. The Morgan fingerprint density at radius 1 is 1.29 bits per heavy atom. The van der Waals surface area contributed by atoms with E-state index >= 15 is 0 Å². The molecule has 0 unspecified atom stereocenters. The van der Waals surface area contributed by atoms with E-state index in [9.17, 15) is 14.7 Å². The second-order valence-electron chi connectivity index (χ2n) is 6.80. The summed E-state index contributed by atoms with van der Waals surface area (Å²) in [5.41, 5.74) is -0.677. The summed E-state index contributed by atoms with van der Waals surface area (Å²) in [7, 11) is 0. The van der Waals surface area contributed by atoms with Gasteiger partial charge in [0.05, 0.1) is 12.8 Å². The lowest BCUT2D eigenvalue weighted by atomic mass is 9.73. The first kappa shape index (κ1) is 14.8. The van der Waals surface area contributed by atoms with Gasteiger partial charge in [-0.3, -0.25) is 9.69 Å². The lowest BCUT2D eigenvalue weighted by molar-refractivity contribution is -0.136. The van der Waals surface area contributed by atoms with Crippen molar-refractivity contribution >= 4 is 11.9 Å². The number of urea groups is 1. The summed E-state index contributed by atoms with van der Waals surface area (Å²) >= 11 is 0. The number of piperidine rings is 1. The van der Waals surface area contributed by atoms with Crippen molar-refractivity contribution in [1.82, 2.24) is 15.1 Å². The molecule has 2 N–H and O–H groups in total. The maximum absolute atomic E-state index is 12.8. The first-order chi connectivity index (χ1) is 10.0. The van der Waals surface area contributed by atoms with Crippen LogP contribution in [0.5, 0.6) is 0 Å². The van der Waals surface area contributed by atoms with Gasteiger partial charge in [-0.1, -0.05) is 19.8 Å². The molecule has 1 spiro atoms. The van der Waals surface area contributed by atoms with Crippen LogP contribution in [-0.2, 0) is 4.79 Å². The van der Waals surface area contributed by atoms with Crippen LogP contribution in [0, 0.1) is 5.92 Å². The van der Waals surface area contributed by atoms with Crippen molar-refractivity contribution in [1.29, 1.82) is 0 Å². The minimum Gasteiger partial charge on any atom is -0.392 e. The van der Waals surface area contributed by atoms with E-state index in [0.717, 1.165) is 45.1 Å². The number of carbonyl (C=O) groups is 2. The lowest BCUT2D eigenvalue weighted by Gasteiger charge is -2.37. The number of aliphatic hydroxyl groups excluding tert-OH is 1. The number of nitrogens with zero attached hydrogens (tertiary/aromatic N) is 2. The number of amides is 3. The fourth-order valence-corrected chi connectivity index (χ4v) is 3.98. The van der Waals surface area contributed by atoms with E-state index in [2.05, 4.69) is 12.2 Å². The zero-order valence-corrected chi connectivity index (χ0v) is 12.7. The van der Waals surface area contributed by atoms with Crippen molar-refractivity contribution in [3.8, 4) is 0 Å². The standard InChI is InChI=1S/C15H25N3O3/c1-11-5-2-3-7-15(11)13(20)18(14(21)16-15)10-17-8-4-6-12(19)9-17/h11-12,19H,2-10H2,1H3,(H,16,21)/t11-,12-,15-/m1/s1. The summed E-state index contributed by atoms with van der Waals surface area (Å²) in [6.45, 7) is 3.73. The van der Waals surface area contributed by atoms with Crippen molar-refractivity contribution in [2.24, 2.45) is 5.92 Å². The van der Waals surface area contributed by atoms with Gasteiger partial charge in [0.25, 0.3) is 5.91 Å². The lowest BCUT2D eigenvalue weighted by Crippen LogP contribution is -2.54. The number of hydrogen-bond donors (Lipinski definition) is 2. The SMILES string of the molecule is C[C@@H]1CCCC[C@@]12NC(=O)N(CN1CCC[C@@H](O)C1)C2=O. The maximum Gasteiger partial charge on any atom is 0.326 e. The summed E-state index contributed by atoms with van der Waals surface area (Å²) in [4.78, 5) is 28.4. The number of likely N-dealkylation sites (tertiary alicyclic amines) is 1. The second kappa shape index (κ2) is 5.57. The van der Waals surface area contributed by atoms with Gasteiger partial charge in [0.15, 0.2) is 0 Å². The van der Waals surface area contributed by atoms with Gasteiger partial charge in [0, 0.05) is 13.1 Å². The number of imide groups is 1. The largest absolute Gasteiger partial charge is 0.392 e. The summed E-state index contributed by atoms with van der Waals surface area (Å²) in [5, 5.41) is 12.7. The topological polar surface area (TPSA) is 72.9 Å². The first-order valence-corrected chi connectivity index (χ1v) is 8.07. The number of β-amino-alcohol motifs (C(OH)–C–C–N with tert-alkyl or cyclic N) is 1. The molecule has 0 bridgehead atoms. The summed E-state index contributed by atoms with van der Waals surface area (Å²) in [6.07, 6.45) is 5.23. The Morgan fingerprint density at radius 2 is 2.10 bits per heavy atom.